The van der Waals surface area contributed by atoms with Gasteiger partial charge in [0.05, 0.1) is 29.5 Å². The van der Waals surface area contributed by atoms with Crippen LogP contribution in [0, 0.1) is 0 Å². The molecule has 0 aromatic carbocycles. The van der Waals surface area contributed by atoms with E-state index in [1.54, 1.807) is 23.4 Å². The molecule has 2 heterocycles. The Morgan fingerprint density at radius 1 is 1.57 bits per heavy atom. The molecule has 1 aliphatic rings. The Labute approximate surface area is 144 Å². The first-order chi connectivity index (χ1) is 10.9. The van der Waals surface area contributed by atoms with Crippen LogP contribution in [-0.2, 0) is 22.5 Å². The first-order valence-corrected chi connectivity index (χ1v) is 9.50. The van der Waals surface area contributed by atoms with Crippen LogP contribution < -0.4 is 10.9 Å². The Morgan fingerprint density at radius 3 is 2.96 bits per heavy atom. The van der Waals surface area contributed by atoms with Crippen LogP contribution in [0.25, 0.3) is 0 Å². The minimum atomic E-state index is -0.0548. The molecule has 8 heteroatoms. The van der Waals surface area contributed by atoms with Gasteiger partial charge in [-0.2, -0.15) is 0 Å². The maximum atomic E-state index is 12.7. The summed E-state index contributed by atoms with van der Waals surface area (Å²) < 4.78 is 6.72. The smallest absolute Gasteiger partial charge is 0.268 e. The molecule has 1 N–H and O–H groups in total. The standard InChI is InChI=1S/C15H23N3O3S2/c1-9(2)16-12(19)8-22-15-17-11-7-10(3)23-13(11)14(20)18(15)5-6-21-4/h9-10H,5-8H2,1-4H3,(H,16,19). The molecule has 0 radical (unpaired) electrons. The summed E-state index contributed by atoms with van der Waals surface area (Å²) in [5.74, 6) is 0.194. The average molecular weight is 358 g/mol. The number of thioether (sulfide) groups is 2. The van der Waals surface area contributed by atoms with Crippen molar-refractivity contribution in [1.82, 2.24) is 14.9 Å². The van der Waals surface area contributed by atoms with Crippen LogP contribution in [0.3, 0.4) is 0 Å². The number of carbonyl (C=O) groups excluding carboxylic acids is 1. The van der Waals surface area contributed by atoms with Crippen molar-refractivity contribution in [2.75, 3.05) is 19.5 Å². The van der Waals surface area contributed by atoms with Gasteiger partial charge in [0.15, 0.2) is 5.16 Å². The molecule has 128 valence electrons. The number of nitrogens with one attached hydrogen (secondary N) is 1. The lowest BCUT2D eigenvalue weighted by Gasteiger charge is -2.13. The summed E-state index contributed by atoms with van der Waals surface area (Å²) in [7, 11) is 1.60. The van der Waals surface area contributed by atoms with Gasteiger partial charge in [-0.05, 0) is 13.8 Å². The van der Waals surface area contributed by atoms with Crippen LogP contribution in [0.15, 0.2) is 14.8 Å². The summed E-state index contributed by atoms with van der Waals surface area (Å²) in [4.78, 5) is 29.9. The average Bonchev–Trinajstić information content (AvgIpc) is 2.84. The number of methoxy groups -OCH3 is 1. The maximum Gasteiger partial charge on any atom is 0.268 e. The molecule has 1 atom stereocenters. The highest BCUT2D eigenvalue weighted by Crippen LogP contribution is 2.34. The summed E-state index contributed by atoms with van der Waals surface area (Å²) in [6.45, 7) is 6.81. The van der Waals surface area contributed by atoms with E-state index < -0.39 is 0 Å². The fourth-order valence-electron chi connectivity index (χ4n) is 2.32. The van der Waals surface area contributed by atoms with Crippen LogP contribution in [0.1, 0.15) is 26.5 Å². The van der Waals surface area contributed by atoms with E-state index in [0.717, 1.165) is 17.0 Å². The molecule has 1 unspecified atom stereocenters. The quantitative estimate of drug-likeness (QED) is 0.589. The van der Waals surface area contributed by atoms with Gasteiger partial charge in [0.2, 0.25) is 5.91 Å². The lowest BCUT2D eigenvalue weighted by atomic mass is 10.2. The SMILES string of the molecule is COCCn1c(SCC(=O)NC(C)C)nc2c(c1=O)SC(C)C2. The molecular weight excluding hydrogens is 334 g/mol. The molecule has 23 heavy (non-hydrogen) atoms. The van der Waals surface area contributed by atoms with Crippen molar-refractivity contribution in [2.45, 2.75) is 55.1 Å². The van der Waals surface area contributed by atoms with Gasteiger partial charge in [0, 0.05) is 24.8 Å². The molecule has 0 spiro atoms. The van der Waals surface area contributed by atoms with Gasteiger partial charge >= 0.3 is 0 Å². The highest BCUT2D eigenvalue weighted by Gasteiger charge is 2.26. The van der Waals surface area contributed by atoms with Crippen LogP contribution in [0.5, 0.6) is 0 Å². The lowest BCUT2D eigenvalue weighted by molar-refractivity contribution is -0.119. The fraction of sp³-hybridized carbons (Fsp3) is 0.667. The van der Waals surface area contributed by atoms with E-state index in [-0.39, 0.29) is 23.3 Å². The molecule has 1 aromatic heterocycles. The molecule has 2 rings (SSSR count). The summed E-state index contributed by atoms with van der Waals surface area (Å²) in [5.41, 5.74) is 0.834. The Kier molecular flexibility index (Phi) is 6.55. The Balaban J connectivity index is 2.23. The Bertz CT molecular complexity index is 631. The zero-order chi connectivity index (χ0) is 17.0. The number of hydrogen-bond donors (Lipinski definition) is 1. The summed E-state index contributed by atoms with van der Waals surface area (Å²) in [5, 5.41) is 3.81. The number of amides is 1. The van der Waals surface area contributed by atoms with Crippen molar-refractivity contribution in [1.29, 1.82) is 0 Å². The van der Waals surface area contributed by atoms with Crippen molar-refractivity contribution >= 4 is 29.4 Å². The molecule has 0 saturated heterocycles. The van der Waals surface area contributed by atoms with Crippen molar-refractivity contribution in [3.8, 4) is 0 Å². The van der Waals surface area contributed by atoms with Crippen LogP contribution in [-0.4, -0.2) is 46.2 Å². The van der Waals surface area contributed by atoms with E-state index in [2.05, 4.69) is 17.2 Å². The number of aromatic nitrogens is 2. The summed E-state index contributed by atoms with van der Waals surface area (Å²) >= 11 is 2.89. The second-order valence-corrected chi connectivity index (χ2v) is 8.15. The highest BCUT2D eigenvalue weighted by atomic mass is 32.2. The zero-order valence-corrected chi connectivity index (χ0v) is 15.6. The molecule has 1 aliphatic heterocycles. The number of nitrogens with zero attached hydrogens (tertiary/aromatic N) is 2. The zero-order valence-electron chi connectivity index (χ0n) is 13.9. The van der Waals surface area contributed by atoms with Gasteiger partial charge in [-0.15, -0.1) is 11.8 Å². The molecule has 0 aliphatic carbocycles. The first-order valence-electron chi connectivity index (χ1n) is 7.63. The van der Waals surface area contributed by atoms with Gasteiger partial charge < -0.3 is 10.1 Å². The van der Waals surface area contributed by atoms with Crippen molar-refractivity contribution in [2.24, 2.45) is 0 Å². The lowest BCUT2D eigenvalue weighted by Crippen LogP contribution is -2.32. The molecule has 0 bridgehead atoms. The third-order valence-corrected chi connectivity index (χ3v) is 5.46. The molecule has 0 fully saturated rings. The van der Waals surface area contributed by atoms with E-state index in [0.29, 0.717) is 23.6 Å². The van der Waals surface area contributed by atoms with Crippen LogP contribution in [0.2, 0.25) is 0 Å². The Morgan fingerprint density at radius 2 is 2.30 bits per heavy atom. The van der Waals surface area contributed by atoms with Crippen LogP contribution >= 0.6 is 23.5 Å². The minimum absolute atomic E-state index is 0.0202. The summed E-state index contributed by atoms with van der Waals surface area (Å²) in [6.07, 6.45) is 0.798. The van der Waals surface area contributed by atoms with Gasteiger partial charge in [-0.3, -0.25) is 14.2 Å². The summed E-state index contributed by atoms with van der Waals surface area (Å²) in [6, 6.07) is 0.101. The Hall–Kier alpha value is -0.990. The van der Waals surface area contributed by atoms with Gasteiger partial charge in [-0.1, -0.05) is 18.7 Å². The van der Waals surface area contributed by atoms with Crippen LogP contribution in [0.4, 0.5) is 0 Å². The predicted molar refractivity (Wildman–Crippen MR) is 93.4 cm³/mol. The molecular formula is C15H23N3O3S2. The number of hydrogen-bond acceptors (Lipinski definition) is 6. The maximum absolute atomic E-state index is 12.7. The third kappa shape index (κ3) is 4.74. The van der Waals surface area contributed by atoms with E-state index >= 15 is 0 Å². The van der Waals surface area contributed by atoms with Crippen molar-refractivity contribution in [3.05, 3.63) is 16.0 Å². The monoisotopic (exact) mass is 357 g/mol. The number of rotatable bonds is 7. The molecule has 6 nitrogen and oxygen atoms in total. The third-order valence-electron chi connectivity index (χ3n) is 3.26. The van der Waals surface area contributed by atoms with Gasteiger partial charge in [-0.25, -0.2) is 4.98 Å². The second kappa shape index (κ2) is 8.21. The van der Waals surface area contributed by atoms with E-state index in [4.69, 9.17) is 4.74 Å². The van der Waals surface area contributed by atoms with E-state index in [9.17, 15) is 9.59 Å². The second-order valence-electron chi connectivity index (χ2n) is 5.76. The largest absolute Gasteiger partial charge is 0.383 e. The normalized spacial score (nSPS) is 16.7. The minimum Gasteiger partial charge on any atom is -0.383 e. The first kappa shape index (κ1) is 18.4. The van der Waals surface area contributed by atoms with E-state index in [1.165, 1.54) is 11.8 Å². The topological polar surface area (TPSA) is 73.2 Å². The molecule has 1 aromatic rings. The fourth-order valence-corrected chi connectivity index (χ4v) is 4.28. The van der Waals surface area contributed by atoms with Crippen molar-refractivity contribution < 1.29 is 9.53 Å². The highest BCUT2D eigenvalue weighted by molar-refractivity contribution is 8.00. The van der Waals surface area contributed by atoms with Gasteiger partial charge in [0.25, 0.3) is 5.56 Å². The molecule has 0 saturated carbocycles. The number of fused-ring (bicyclic) bond motifs is 1. The number of carbonyl (C=O) groups is 1. The van der Waals surface area contributed by atoms with Gasteiger partial charge in [0.1, 0.15) is 0 Å². The van der Waals surface area contributed by atoms with Crippen molar-refractivity contribution in [3.63, 3.8) is 0 Å². The predicted octanol–water partition coefficient (Wildman–Crippen LogP) is 1.54. The number of ether oxygens (including phenoxy) is 1. The van der Waals surface area contributed by atoms with E-state index in [1.807, 2.05) is 13.8 Å². The molecule has 1 amide bonds.